The van der Waals surface area contributed by atoms with Crippen LogP contribution in [0.15, 0.2) is 18.4 Å². The minimum atomic E-state index is 0. The molecule has 0 N–H and O–H groups in total. The summed E-state index contributed by atoms with van der Waals surface area (Å²) in [6.07, 6.45) is 1.19. The number of nitriles is 1. The van der Waals surface area contributed by atoms with Gasteiger partial charge in [-0.15, -0.1) is 5.73 Å². The van der Waals surface area contributed by atoms with Crippen LogP contribution in [0.1, 0.15) is 1.43 Å². The molecule has 0 fully saturated rings. The lowest BCUT2D eigenvalue weighted by Gasteiger charge is -1.37. The van der Waals surface area contributed by atoms with Crippen molar-refractivity contribution in [2.24, 2.45) is 0 Å². The summed E-state index contributed by atoms with van der Waals surface area (Å²) in [7, 11) is 0. The Labute approximate surface area is 32.3 Å². The van der Waals surface area contributed by atoms with Crippen molar-refractivity contribution >= 4 is 0 Å². The third-order valence-corrected chi connectivity index (χ3v) is 0.167. The number of allylic oxidation sites excluding steroid dienone is 1. The zero-order valence-electron chi connectivity index (χ0n) is 2.73. The van der Waals surface area contributed by atoms with Gasteiger partial charge in [0.15, 0.2) is 0 Å². The Morgan fingerprint density at radius 3 is 2.60 bits per heavy atom. The summed E-state index contributed by atoms with van der Waals surface area (Å²) in [4.78, 5) is 0. The van der Waals surface area contributed by atoms with Gasteiger partial charge in [-0.2, -0.15) is 5.26 Å². The number of rotatable bonds is 0. The van der Waals surface area contributed by atoms with Gasteiger partial charge in [0.05, 0.1) is 12.1 Å². The fourth-order valence-corrected chi connectivity index (χ4v) is 0.0456. The molecule has 0 saturated carbocycles. The van der Waals surface area contributed by atoms with Crippen LogP contribution in [0.2, 0.25) is 0 Å². The molecular weight excluding hydrogens is 62.1 g/mol. The topological polar surface area (TPSA) is 23.8 Å². The van der Waals surface area contributed by atoms with Crippen LogP contribution in [0.25, 0.3) is 0 Å². The van der Waals surface area contributed by atoms with E-state index in [-0.39, 0.29) is 1.43 Å². The number of hydrogen-bond donors (Lipinski definition) is 0. The Hall–Kier alpha value is -0.990. The number of nitrogens with zero attached hydrogens (tertiary/aromatic N) is 1. The highest BCUT2D eigenvalue weighted by atomic mass is 14.2. The Bertz CT molecular complexity index is 94.6. The average Bonchev–Trinajstić information content (AvgIpc) is 1.41. The van der Waals surface area contributed by atoms with Gasteiger partial charge >= 0.3 is 0 Å². The molecule has 0 aromatic carbocycles. The van der Waals surface area contributed by atoms with Gasteiger partial charge < -0.3 is 0 Å². The van der Waals surface area contributed by atoms with E-state index >= 15 is 0 Å². The molecule has 0 spiro atoms. The Morgan fingerprint density at radius 1 is 2.00 bits per heavy atom. The van der Waals surface area contributed by atoms with Gasteiger partial charge in [-0.25, -0.2) is 0 Å². The zero-order valence-corrected chi connectivity index (χ0v) is 2.73. The minimum absolute atomic E-state index is 0. The largest absolute Gasteiger partial charge is 0.192 e. The summed E-state index contributed by atoms with van der Waals surface area (Å²) in [5.41, 5.74) is 2.28. The third-order valence-electron chi connectivity index (χ3n) is 0.167. The molecule has 26 valence electrons. The molecule has 0 heterocycles. The fourth-order valence-electron chi connectivity index (χ4n) is 0.0456. The highest BCUT2D eigenvalue weighted by Gasteiger charge is 1.40. The van der Waals surface area contributed by atoms with Gasteiger partial charge in [0.25, 0.3) is 0 Å². The van der Waals surface area contributed by atoms with Crippen LogP contribution in [-0.4, -0.2) is 0 Å². The van der Waals surface area contributed by atoms with E-state index in [1.165, 1.54) is 6.08 Å². The molecule has 0 bridgehead atoms. The second kappa shape index (κ2) is 3.01. The highest BCUT2D eigenvalue weighted by molar-refractivity contribution is 4.98. The second-order valence-electron chi connectivity index (χ2n) is 0.478. The molecule has 0 aliphatic heterocycles. The molecule has 0 saturated heterocycles. The van der Waals surface area contributed by atoms with Crippen molar-refractivity contribution in [3.63, 3.8) is 0 Å². The second-order valence-corrected chi connectivity index (χ2v) is 0.478. The Morgan fingerprint density at radius 2 is 2.60 bits per heavy atom. The lowest BCUT2D eigenvalue weighted by atomic mass is 10.7. The Kier molecular flexibility index (Phi) is 2.41. The van der Waals surface area contributed by atoms with Crippen molar-refractivity contribution in [1.29, 1.82) is 5.26 Å². The lowest BCUT2D eigenvalue weighted by Crippen LogP contribution is -1.28. The average molecular weight is 67.1 g/mol. The lowest BCUT2D eigenvalue weighted by molar-refractivity contribution is 1.54. The molecule has 1 nitrogen and oxygen atoms in total. The molecule has 0 aromatic heterocycles. The molecule has 0 aromatic rings. The first-order chi connectivity index (χ1) is 2.41. The van der Waals surface area contributed by atoms with Gasteiger partial charge in [-0.1, -0.05) is 6.58 Å². The van der Waals surface area contributed by atoms with E-state index < -0.39 is 0 Å². The van der Waals surface area contributed by atoms with Crippen molar-refractivity contribution in [2.45, 2.75) is 0 Å². The van der Waals surface area contributed by atoms with Gasteiger partial charge in [0.2, 0.25) is 0 Å². The fraction of sp³-hybridized carbons (Fsp3) is 0. The van der Waals surface area contributed by atoms with Crippen LogP contribution in [0.4, 0.5) is 0 Å². The molecule has 0 aliphatic rings. The van der Waals surface area contributed by atoms with Crippen LogP contribution < -0.4 is 0 Å². The maximum Gasteiger partial charge on any atom is 0.0996 e. The van der Waals surface area contributed by atoms with E-state index in [0.29, 0.717) is 0 Å². The van der Waals surface area contributed by atoms with E-state index in [1.807, 2.05) is 0 Å². The van der Waals surface area contributed by atoms with Crippen molar-refractivity contribution < 1.29 is 1.43 Å². The maximum atomic E-state index is 7.66. The summed E-state index contributed by atoms with van der Waals surface area (Å²) in [5, 5.41) is 7.66. The van der Waals surface area contributed by atoms with Crippen LogP contribution >= 0.6 is 0 Å². The van der Waals surface area contributed by atoms with Crippen molar-refractivity contribution in [1.82, 2.24) is 0 Å². The van der Waals surface area contributed by atoms with E-state index in [1.54, 1.807) is 6.07 Å². The molecule has 0 aliphatic carbocycles. The standard InChI is InChI=1S/C4H3N.H2/c1-2-3-4-5;/h3H,1H2;1H. The van der Waals surface area contributed by atoms with Crippen LogP contribution in [0, 0.1) is 11.3 Å². The molecule has 1 heteroatoms. The van der Waals surface area contributed by atoms with Crippen molar-refractivity contribution in [3.8, 4) is 6.07 Å². The zero-order chi connectivity index (χ0) is 4.12. The molecule has 0 unspecified atom stereocenters. The highest BCUT2D eigenvalue weighted by Crippen LogP contribution is 1.48. The monoisotopic (exact) mass is 67.0 g/mol. The van der Waals surface area contributed by atoms with Crippen LogP contribution in [-0.2, 0) is 0 Å². The first-order valence-corrected chi connectivity index (χ1v) is 1.15. The SMILES string of the molecule is C=C=CC#N.[HH]. The van der Waals surface area contributed by atoms with Crippen molar-refractivity contribution in [2.75, 3.05) is 0 Å². The smallest absolute Gasteiger partial charge is 0.0996 e. The molecular formula is C4H5N. The minimum Gasteiger partial charge on any atom is -0.192 e. The summed E-state index contributed by atoms with van der Waals surface area (Å²) < 4.78 is 0. The first-order valence-electron chi connectivity index (χ1n) is 1.15. The van der Waals surface area contributed by atoms with E-state index in [0.717, 1.165) is 0 Å². The predicted octanol–water partition coefficient (Wildman–Crippen LogP) is 1.10. The predicted molar refractivity (Wildman–Crippen MR) is 21.4 cm³/mol. The summed E-state index contributed by atoms with van der Waals surface area (Å²) in [6.45, 7) is 3.15. The van der Waals surface area contributed by atoms with Gasteiger partial charge in [0.1, 0.15) is 0 Å². The first kappa shape index (κ1) is 4.01. The van der Waals surface area contributed by atoms with Gasteiger partial charge in [-0.05, 0) is 0 Å². The van der Waals surface area contributed by atoms with Crippen molar-refractivity contribution in [3.05, 3.63) is 18.4 Å². The molecule has 5 heavy (non-hydrogen) atoms. The molecule has 0 amide bonds. The van der Waals surface area contributed by atoms with Crippen LogP contribution in [0.3, 0.4) is 0 Å². The summed E-state index contributed by atoms with van der Waals surface area (Å²) in [6, 6.07) is 1.72. The van der Waals surface area contributed by atoms with E-state index in [2.05, 4.69) is 12.3 Å². The maximum absolute atomic E-state index is 7.66. The molecule has 0 atom stereocenters. The van der Waals surface area contributed by atoms with Crippen LogP contribution in [0.5, 0.6) is 0 Å². The quantitative estimate of drug-likeness (QED) is 0.307. The van der Waals surface area contributed by atoms with E-state index in [4.69, 9.17) is 5.26 Å². The molecule has 0 radical (unpaired) electrons. The summed E-state index contributed by atoms with van der Waals surface area (Å²) >= 11 is 0. The molecule has 0 rings (SSSR count). The Balaban J connectivity index is 0. The third kappa shape index (κ3) is 3.01. The van der Waals surface area contributed by atoms with Gasteiger partial charge in [-0.3, -0.25) is 0 Å². The van der Waals surface area contributed by atoms with Gasteiger partial charge in [0, 0.05) is 1.43 Å². The number of hydrogen-bond acceptors (Lipinski definition) is 1. The van der Waals surface area contributed by atoms with E-state index in [9.17, 15) is 0 Å². The normalized spacial score (nSPS) is 3.80. The summed E-state index contributed by atoms with van der Waals surface area (Å²) in [5.74, 6) is 0.